The Morgan fingerprint density at radius 1 is 1.43 bits per heavy atom. The fraction of sp³-hybridized carbons (Fsp3) is 0.200. The summed E-state index contributed by atoms with van der Waals surface area (Å²) in [6.07, 6.45) is 0. The SMILES string of the molecule is C=C[SiH](C=C)CCl. The van der Waals surface area contributed by atoms with Crippen LogP contribution in [0.25, 0.3) is 0 Å². The minimum atomic E-state index is -0.878. The van der Waals surface area contributed by atoms with Crippen molar-refractivity contribution in [3.8, 4) is 0 Å². The van der Waals surface area contributed by atoms with E-state index in [1.807, 2.05) is 11.4 Å². The van der Waals surface area contributed by atoms with Crippen LogP contribution in [0.3, 0.4) is 0 Å². The van der Waals surface area contributed by atoms with Gasteiger partial charge in [0, 0.05) is 5.50 Å². The molecule has 2 heteroatoms. The molecule has 0 atom stereocenters. The lowest BCUT2D eigenvalue weighted by Gasteiger charge is -1.92. The quantitative estimate of drug-likeness (QED) is 0.403. The van der Waals surface area contributed by atoms with E-state index >= 15 is 0 Å². The predicted molar refractivity (Wildman–Crippen MR) is 38.3 cm³/mol. The number of halogens is 1. The molecule has 0 saturated heterocycles. The molecule has 0 amide bonds. The van der Waals surface area contributed by atoms with Gasteiger partial charge < -0.3 is 0 Å². The molecule has 0 nitrogen and oxygen atoms in total. The summed E-state index contributed by atoms with van der Waals surface area (Å²) >= 11 is 5.49. The van der Waals surface area contributed by atoms with Crippen LogP contribution < -0.4 is 0 Å². The highest BCUT2D eigenvalue weighted by Gasteiger charge is 1.93. The molecule has 0 unspecified atom stereocenters. The molecule has 0 aliphatic carbocycles. The summed E-state index contributed by atoms with van der Waals surface area (Å²) in [6.45, 7) is 7.22. The van der Waals surface area contributed by atoms with Gasteiger partial charge in [0.2, 0.25) is 0 Å². The zero-order valence-corrected chi connectivity index (χ0v) is 6.14. The normalized spacial score (nSPS) is 8.86. The van der Waals surface area contributed by atoms with Gasteiger partial charge in [-0.2, -0.15) is 0 Å². The van der Waals surface area contributed by atoms with Gasteiger partial charge in [0.15, 0.2) is 0 Å². The third-order valence-corrected chi connectivity index (χ3v) is 3.42. The van der Waals surface area contributed by atoms with Crippen molar-refractivity contribution in [2.24, 2.45) is 0 Å². The third kappa shape index (κ3) is 2.66. The van der Waals surface area contributed by atoms with Gasteiger partial charge in [-0.05, 0) is 0 Å². The van der Waals surface area contributed by atoms with E-state index in [0.717, 1.165) is 5.50 Å². The Hall–Kier alpha value is -0.0131. The highest BCUT2D eigenvalue weighted by Crippen LogP contribution is 1.86. The largest absolute Gasteiger partial charge is 0.130 e. The van der Waals surface area contributed by atoms with Crippen LogP contribution in [0.15, 0.2) is 24.6 Å². The molecule has 0 aromatic rings. The first-order valence-corrected chi connectivity index (χ1v) is 4.84. The standard InChI is InChI=1S/C5H9ClSi/c1-3-7(4-2)5-6/h3-4,7H,1-2,5H2. The molecule has 7 heavy (non-hydrogen) atoms. The van der Waals surface area contributed by atoms with E-state index in [1.54, 1.807) is 0 Å². The first kappa shape index (κ1) is 6.99. The Kier molecular flexibility index (Phi) is 4.15. The van der Waals surface area contributed by atoms with Crippen LogP contribution in [0.1, 0.15) is 0 Å². The highest BCUT2D eigenvalue weighted by molar-refractivity contribution is 6.75. The van der Waals surface area contributed by atoms with Crippen molar-refractivity contribution in [2.45, 2.75) is 0 Å². The Labute approximate surface area is 51.1 Å². The fourth-order valence-corrected chi connectivity index (χ4v) is 1.42. The molecular formula is C5H9ClSi. The van der Waals surface area contributed by atoms with Crippen molar-refractivity contribution in [2.75, 3.05) is 5.50 Å². The van der Waals surface area contributed by atoms with Crippen LogP contribution in [0.2, 0.25) is 0 Å². The first-order chi connectivity index (χ1) is 3.35. The van der Waals surface area contributed by atoms with E-state index in [9.17, 15) is 0 Å². The molecular weight excluding hydrogens is 124 g/mol. The summed E-state index contributed by atoms with van der Waals surface area (Å²) in [5.41, 5.74) is 4.56. The number of hydrogen-bond acceptors (Lipinski definition) is 0. The maximum atomic E-state index is 5.49. The van der Waals surface area contributed by atoms with Gasteiger partial charge in [0.25, 0.3) is 0 Å². The molecule has 0 spiro atoms. The van der Waals surface area contributed by atoms with Crippen molar-refractivity contribution >= 4 is 20.4 Å². The molecule has 0 aromatic heterocycles. The maximum absolute atomic E-state index is 5.49. The Balaban J connectivity index is 3.36. The topological polar surface area (TPSA) is 0 Å². The molecule has 0 fully saturated rings. The molecule has 0 aliphatic heterocycles. The number of alkyl halides is 1. The van der Waals surface area contributed by atoms with Crippen molar-refractivity contribution in [3.63, 3.8) is 0 Å². The molecule has 0 aromatic carbocycles. The second-order valence-electron chi connectivity index (χ2n) is 1.29. The van der Waals surface area contributed by atoms with Gasteiger partial charge in [0.05, 0.1) is 8.80 Å². The molecule has 40 valence electrons. The first-order valence-electron chi connectivity index (χ1n) is 2.16. The fourth-order valence-electron chi connectivity index (χ4n) is 0.222. The monoisotopic (exact) mass is 132 g/mol. The molecule has 0 aliphatic rings. The highest BCUT2D eigenvalue weighted by atomic mass is 35.5. The van der Waals surface area contributed by atoms with Crippen LogP contribution in [0.5, 0.6) is 0 Å². The van der Waals surface area contributed by atoms with E-state index in [2.05, 4.69) is 13.2 Å². The average Bonchev–Trinajstić information content (AvgIpc) is 1.72. The van der Waals surface area contributed by atoms with Gasteiger partial charge in [0.1, 0.15) is 0 Å². The van der Waals surface area contributed by atoms with Crippen LogP contribution in [0.4, 0.5) is 0 Å². The summed E-state index contributed by atoms with van der Waals surface area (Å²) in [7, 11) is -0.878. The van der Waals surface area contributed by atoms with Crippen molar-refractivity contribution in [3.05, 3.63) is 24.6 Å². The summed E-state index contributed by atoms with van der Waals surface area (Å²) in [5.74, 6) is 0. The van der Waals surface area contributed by atoms with Gasteiger partial charge >= 0.3 is 0 Å². The Morgan fingerprint density at radius 2 is 1.86 bits per heavy atom. The summed E-state index contributed by atoms with van der Waals surface area (Å²) in [6, 6.07) is 0. The lowest BCUT2D eigenvalue weighted by molar-refractivity contribution is 2.01. The summed E-state index contributed by atoms with van der Waals surface area (Å²) < 4.78 is 0. The van der Waals surface area contributed by atoms with E-state index in [-0.39, 0.29) is 0 Å². The number of rotatable bonds is 3. The lowest BCUT2D eigenvalue weighted by atomic mass is 11.2. The van der Waals surface area contributed by atoms with Crippen molar-refractivity contribution in [1.82, 2.24) is 0 Å². The van der Waals surface area contributed by atoms with Gasteiger partial charge in [-0.15, -0.1) is 24.8 Å². The van der Waals surface area contributed by atoms with Crippen LogP contribution in [-0.4, -0.2) is 14.3 Å². The van der Waals surface area contributed by atoms with Gasteiger partial charge in [-0.3, -0.25) is 0 Å². The smallest absolute Gasteiger partial charge is 0.0993 e. The van der Waals surface area contributed by atoms with Crippen molar-refractivity contribution in [1.29, 1.82) is 0 Å². The second-order valence-corrected chi connectivity index (χ2v) is 4.79. The van der Waals surface area contributed by atoms with Crippen LogP contribution in [-0.2, 0) is 0 Å². The van der Waals surface area contributed by atoms with Gasteiger partial charge in [-0.1, -0.05) is 11.4 Å². The summed E-state index contributed by atoms with van der Waals surface area (Å²) in [5, 5.41) is 0. The average molecular weight is 133 g/mol. The molecule has 0 saturated carbocycles. The van der Waals surface area contributed by atoms with E-state index < -0.39 is 8.80 Å². The van der Waals surface area contributed by atoms with E-state index in [1.165, 1.54) is 0 Å². The third-order valence-electron chi connectivity index (χ3n) is 0.784. The minimum absolute atomic E-state index is 0.729. The van der Waals surface area contributed by atoms with Crippen LogP contribution >= 0.6 is 11.6 Å². The summed E-state index contributed by atoms with van der Waals surface area (Å²) in [4.78, 5) is 0. The van der Waals surface area contributed by atoms with Gasteiger partial charge in [-0.25, -0.2) is 0 Å². The predicted octanol–water partition coefficient (Wildman–Crippen LogP) is 1.44. The number of hydrogen-bond donors (Lipinski definition) is 0. The molecule has 0 heterocycles. The van der Waals surface area contributed by atoms with Crippen molar-refractivity contribution < 1.29 is 0 Å². The Morgan fingerprint density at radius 3 is 1.86 bits per heavy atom. The molecule has 0 radical (unpaired) electrons. The van der Waals surface area contributed by atoms with E-state index in [4.69, 9.17) is 11.6 Å². The second kappa shape index (κ2) is 4.15. The van der Waals surface area contributed by atoms with E-state index in [0.29, 0.717) is 0 Å². The van der Waals surface area contributed by atoms with Crippen LogP contribution in [0, 0.1) is 0 Å². The molecule has 0 bridgehead atoms. The molecule has 0 rings (SSSR count). The zero-order valence-electron chi connectivity index (χ0n) is 4.23. The zero-order chi connectivity index (χ0) is 5.70. The minimum Gasteiger partial charge on any atom is -0.130 e. The Bertz CT molecular complexity index is 62.5. The lowest BCUT2D eigenvalue weighted by Crippen LogP contribution is -2.06. The molecule has 0 N–H and O–H groups in total. The maximum Gasteiger partial charge on any atom is 0.0993 e.